The van der Waals surface area contributed by atoms with E-state index in [9.17, 15) is 5.11 Å². The zero-order chi connectivity index (χ0) is 19.2. The van der Waals surface area contributed by atoms with E-state index in [-0.39, 0.29) is 5.75 Å². The number of halogens is 2. The van der Waals surface area contributed by atoms with Crippen LogP contribution in [0.5, 0.6) is 17.2 Å². The fraction of sp³-hybridized carbons (Fsp3) is 0.143. The third kappa shape index (κ3) is 5.22. The van der Waals surface area contributed by atoms with Crippen LogP contribution in [0, 0.1) is 0 Å². The molecule has 3 rings (SSSR count). The molecule has 0 unspecified atom stereocenters. The van der Waals surface area contributed by atoms with E-state index in [2.05, 4.69) is 5.32 Å². The summed E-state index contributed by atoms with van der Waals surface area (Å²) in [5, 5.41) is 13.7. The number of hydrogen-bond acceptors (Lipinski definition) is 4. The highest BCUT2D eigenvalue weighted by Crippen LogP contribution is 2.37. The molecule has 0 amide bonds. The number of methoxy groups -OCH3 is 1. The fourth-order valence-electron chi connectivity index (χ4n) is 2.58. The topological polar surface area (TPSA) is 50.7 Å². The minimum atomic E-state index is 0.228. The van der Waals surface area contributed by atoms with Gasteiger partial charge in [-0.2, -0.15) is 0 Å². The second-order valence-electron chi connectivity index (χ2n) is 5.93. The Kier molecular flexibility index (Phi) is 6.32. The highest BCUT2D eigenvalue weighted by atomic mass is 35.5. The summed E-state index contributed by atoms with van der Waals surface area (Å²) in [7, 11) is 1.58. The lowest BCUT2D eigenvalue weighted by atomic mass is 10.2. The lowest BCUT2D eigenvalue weighted by Gasteiger charge is -2.15. The number of rotatable bonds is 7. The maximum Gasteiger partial charge on any atom is 0.180 e. The van der Waals surface area contributed by atoms with E-state index in [1.807, 2.05) is 36.4 Å². The van der Waals surface area contributed by atoms with Gasteiger partial charge in [0.05, 0.1) is 12.1 Å². The number of phenols is 1. The van der Waals surface area contributed by atoms with E-state index in [0.717, 1.165) is 16.8 Å². The van der Waals surface area contributed by atoms with Crippen molar-refractivity contribution in [1.29, 1.82) is 0 Å². The Hall–Kier alpha value is -2.56. The van der Waals surface area contributed by atoms with E-state index in [1.54, 1.807) is 31.4 Å². The van der Waals surface area contributed by atoms with Crippen LogP contribution in [0.4, 0.5) is 5.69 Å². The molecule has 0 aliphatic rings. The summed E-state index contributed by atoms with van der Waals surface area (Å²) in [6.07, 6.45) is 0. The van der Waals surface area contributed by atoms with Crippen molar-refractivity contribution >= 4 is 28.9 Å². The van der Waals surface area contributed by atoms with Crippen LogP contribution in [0.2, 0.25) is 10.0 Å². The van der Waals surface area contributed by atoms with Crippen molar-refractivity contribution in [2.24, 2.45) is 0 Å². The standard InChI is InChI=1S/C21H19Cl2NO3/c1-26-20-11-15(12-24-17-5-7-18(25)8-6-17)10-19(23)21(20)27-13-14-3-2-4-16(22)9-14/h2-11,24-25H,12-13H2,1H3. The second kappa shape index (κ2) is 8.89. The summed E-state index contributed by atoms with van der Waals surface area (Å²) in [5.74, 6) is 1.28. The number of phenolic OH excluding ortho intramolecular Hbond substituents is 1. The molecule has 0 saturated carbocycles. The smallest absolute Gasteiger partial charge is 0.180 e. The second-order valence-corrected chi connectivity index (χ2v) is 6.77. The van der Waals surface area contributed by atoms with Gasteiger partial charge in [-0.25, -0.2) is 0 Å². The number of hydrogen-bond donors (Lipinski definition) is 2. The van der Waals surface area contributed by atoms with Crippen molar-refractivity contribution in [3.8, 4) is 17.2 Å². The summed E-state index contributed by atoms with van der Waals surface area (Å²) in [6.45, 7) is 0.886. The first-order valence-electron chi connectivity index (χ1n) is 8.31. The van der Waals surface area contributed by atoms with Gasteiger partial charge in [0.25, 0.3) is 0 Å². The van der Waals surface area contributed by atoms with E-state index >= 15 is 0 Å². The van der Waals surface area contributed by atoms with E-state index < -0.39 is 0 Å². The van der Waals surface area contributed by atoms with Crippen LogP contribution in [0.1, 0.15) is 11.1 Å². The minimum Gasteiger partial charge on any atom is -0.508 e. The Morgan fingerprint density at radius 2 is 1.74 bits per heavy atom. The Bertz CT molecular complexity index is 914. The van der Waals surface area contributed by atoms with Crippen LogP contribution in [-0.4, -0.2) is 12.2 Å². The maximum atomic E-state index is 9.34. The van der Waals surface area contributed by atoms with E-state index in [0.29, 0.717) is 34.7 Å². The van der Waals surface area contributed by atoms with Crippen LogP contribution < -0.4 is 14.8 Å². The molecule has 0 aliphatic carbocycles. The van der Waals surface area contributed by atoms with Gasteiger partial charge in [-0.3, -0.25) is 0 Å². The molecular weight excluding hydrogens is 385 g/mol. The molecule has 140 valence electrons. The fourth-order valence-corrected chi connectivity index (χ4v) is 3.08. The first-order valence-corrected chi connectivity index (χ1v) is 9.07. The molecule has 0 atom stereocenters. The molecule has 6 heteroatoms. The van der Waals surface area contributed by atoms with Gasteiger partial charge in [0.2, 0.25) is 0 Å². The number of nitrogens with one attached hydrogen (secondary N) is 1. The van der Waals surface area contributed by atoms with Gasteiger partial charge in [-0.1, -0.05) is 35.3 Å². The Morgan fingerprint density at radius 1 is 0.963 bits per heavy atom. The van der Waals surface area contributed by atoms with Crippen molar-refractivity contribution < 1.29 is 14.6 Å². The van der Waals surface area contributed by atoms with Gasteiger partial charge >= 0.3 is 0 Å². The van der Waals surface area contributed by atoms with Crippen molar-refractivity contribution in [2.45, 2.75) is 13.2 Å². The molecule has 27 heavy (non-hydrogen) atoms. The summed E-state index contributed by atoms with van der Waals surface area (Å²) >= 11 is 12.4. The van der Waals surface area contributed by atoms with Crippen LogP contribution in [0.3, 0.4) is 0 Å². The summed E-state index contributed by atoms with van der Waals surface area (Å²) in [6, 6.07) is 18.0. The molecule has 0 aliphatic heterocycles. The first kappa shape index (κ1) is 19.2. The SMILES string of the molecule is COc1cc(CNc2ccc(O)cc2)cc(Cl)c1OCc1cccc(Cl)c1. The van der Waals surface area contributed by atoms with Crippen LogP contribution in [0.25, 0.3) is 0 Å². The zero-order valence-electron chi connectivity index (χ0n) is 14.7. The maximum absolute atomic E-state index is 9.34. The van der Waals surface area contributed by atoms with E-state index in [4.69, 9.17) is 32.7 Å². The average molecular weight is 404 g/mol. The van der Waals surface area contributed by atoms with Crippen molar-refractivity contribution in [2.75, 3.05) is 12.4 Å². The minimum absolute atomic E-state index is 0.228. The van der Waals surface area contributed by atoms with Crippen LogP contribution in [-0.2, 0) is 13.2 Å². The molecule has 3 aromatic rings. The summed E-state index contributed by atoms with van der Waals surface area (Å²) < 4.78 is 11.3. The predicted octanol–water partition coefficient (Wildman–Crippen LogP) is 5.90. The third-order valence-electron chi connectivity index (χ3n) is 3.93. The quantitative estimate of drug-likeness (QED) is 0.482. The normalized spacial score (nSPS) is 10.5. The van der Waals surface area contributed by atoms with Gasteiger partial charge in [-0.05, 0) is 59.7 Å². The molecule has 0 radical (unpaired) electrons. The number of benzene rings is 3. The monoisotopic (exact) mass is 403 g/mol. The highest BCUT2D eigenvalue weighted by Gasteiger charge is 2.12. The first-order chi connectivity index (χ1) is 13.0. The average Bonchev–Trinajstić information content (AvgIpc) is 2.66. The highest BCUT2D eigenvalue weighted by molar-refractivity contribution is 6.32. The predicted molar refractivity (Wildman–Crippen MR) is 109 cm³/mol. The van der Waals surface area contributed by atoms with E-state index in [1.165, 1.54) is 0 Å². The Labute approximate surface area is 168 Å². The molecular formula is C21H19Cl2NO3. The van der Waals surface area contributed by atoms with Crippen LogP contribution >= 0.6 is 23.2 Å². The molecule has 0 bridgehead atoms. The van der Waals surface area contributed by atoms with Crippen molar-refractivity contribution in [3.05, 3.63) is 81.8 Å². The molecule has 0 heterocycles. The zero-order valence-corrected chi connectivity index (χ0v) is 16.2. The molecule has 0 saturated heterocycles. The Balaban J connectivity index is 1.71. The third-order valence-corrected chi connectivity index (χ3v) is 4.44. The number of anilines is 1. The molecule has 0 fully saturated rings. The van der Waals surface area contributed by atoms with Gasteiger partial charge in [0, 0.05) is 17.3 Å². The van der Waals surface area contributed by atoms with Gasteiger partial charge in [0.15, 0.2) is 11.5 Å². The van der Waals surface area contributed by atoms with Crippen LogP contribution in [0.15, 0.2) is 60.7 Å². The van der Waals surface area contributed by atoms with Gasteiger partial charge in [-0.15, -0.1) is 0 Å². The molecule has 3 aromatic carbocycles. The van der Waals surface area contributed by atoms with Crippen molar-refractivity contribution in [3.63, 3.8) is 0 Å². The lowest BCUT2D eigenvalue weighted by molar-refractivity contribution is 0.284. The molecule has 0 aromatic heterocycles. The Morgan fingerprint density at radius 3 is 2.44 bits per heavy atom. The number of ether oxygens (including phenoxy) is 2. The molecule has 0 spiro atoms. The molecule has 2 N–H and O–H groups in total. The molecule has 4 nitrogen and oxygen atoms in total. The van der Waals surface area contributed by atoms with Gasteiger partial charge in [0.1, 0.15) is 12.4 Å². The lowest BCUT2D eigenvalue weighted by Crippen LogP contribution is -2.02. The largest absolute Gasteiger partial charge is 0.508 e. The van der Waals surface area contributed by atoms with Gasteiger partial charge < -0.3 is 19.9 Å². The summed E-state index contributed by atoms with van der Waals surface area (Å²) in [4.78, 5) is 0. The van der Waals surface area contributed by atoms with Crippen molar-refractivity contribution in [1.82, 2.24) is 0 Å². The summed E-state index contributed by atoms with van der Waals surface area (Å²) in [5.41, 5.74) is 2.78. The number of aromatic hydroxyl groups is 1.